The summed E-state index contributed by atoms with van der Waals surface area (Å²) in [6, 6.07) is 24.7. The fourth-order valence-corrected chi connectivity index (χ4v) is 5.64. The number of hydrogen-bond donors (Lipinski definition) is 1. The minimum Gasteiger partial charge on any atom is -0.354 e. The van der Waals surface area contributed by atoms with Crippen LogP contribution in [0.1, 0.15) is 46.6 Å². The van der Waals surface area contributed by atoms with E-state index in [1.807, 2.05) is 41.9 Å². The maximum atomic E-state index is 13.7. The zero-order chi connectivity index (χ0) is 25.5. The van der Waals surface area contributed by atoms with Crippen molar-refractivity contribution in [1.29, 1.82) is 0 Å². The molecule has 37 heavy (non-hydrogen) atoms. The summed E-state index contributed by atoms with van der Waals surface area (Å²) >= 11 is 0. The number of anilines is 1. The molecule has 0 radical (unpaired) electrons. The Kier molecular flexibility index (Phi) is 5.83. The summed E-state index contributed by atoms with van der Waals surface area (Å²) in [6.07, 6.45) is 1.70. The second kappa shape index (κ2) is 9.32. The van der Waals surface area contributed by atoms with Crippen LogP contribution >= 0.6 is 0 Å². The van der Waals surface area contributed by atoms with Crippen molar-refractivity contribution in [2.75, 3.05) is 4.90 Å². The Morgan fingerprint density at radius 3 is 2.59 bits per heavy atom. The molecule has 7 nitrogen and oxygen atoms in total. The lowest BCUT2D eigenvalue weighted by Crippen LogP contribution is -2.39. The molecule has 0 saturated heterocycles. The third kappa shape index (κ3) is 4.10. The van der Waals surface area contributed by atoms with Crippen LogP contribution in [0.25, 0.3) is 10.9 Å². The third-order valence-electron chi connectivity index (χ3n) is 7.56. The van der Waals surface area contributed by atoms with E-state index in [1.165, 1.54) is 11.1 Å². The van der Waals surface area contributed by atoms with Gasteiger partial charge < -0.3 is 9.88 Å². The zero-order valence-electron chi connectivity index (χ0n) is 21.3. The van der Waals surface area contributed by atoms with Gasteiger partial charge in [0.15, 0.2) is 5.82 Å². The molecule has 1 aliphatic rings. The van der Waals surface area contributed by atoms with E-state index >= 15 is 0 Å². The quantitative estimate of drug-likeness (QED) is 0.366. The number of pyridine rings is 1. The van der Waals surface area contributed by atoms with Crippen LogP contribution in [0.5, 0.6) is 0 Å². The van der Waals surface area contributed by atoms with Crippen molar-refractivity contribution in [3.8, 4) is 0 Å². The Labute approximate surface area is 215 Å². The summed E-state index contributed by atoms with van der Waals surface area (Å²) in [6.45, 7) is 6.93. The highest BCUT2D eigenvalue weighted by atomic mass is 16.1. The summed E-state index contributed by atoms with van der Waals surface area (Å²) in [4.78, 5) is 19.2. The fraction of sp³-hybridized carbons (Fsp3) is 0.267. The lowest BCUT2D eigenvalue weighted by Gasteiger charge is -2.33. The molecule has 0 saturated carbocycles. The summed E-state index contributed by atoms with van der Waals surface area (Å²) in [7, 11) is 0. The van der Waals surface area contributed by atoms with Crippen LogP contribution in [-0.4, -0.2) is 31.2 Å². The van der Waals surface area contributed by atoms with Gasteiger partial charge in [-0.2, -0.15) is 0 Å². The number of para-hydroxylation sites is 1. The molecule has 186 valence electrons. The smallest absolute Gasteiger partial charge is 0.254 e. The number of hydrogen-bond acceptors (Lipinski definition) is 5. The van der Waals surface area contributed by atoms with Gasteiger partial charge in [-0.3, -0.25) is 4.79 Å². The van der Waals surface area contributed by atoms with Crippen LogP contribution in [0.15, 0.2) is 77.6 Å². The molecule has 0 spiro atoms. The first-order valence-corrected chi connectivity index (χ1v) is 12.8. The predicted octanol–water partition coefficient (Wildman–Crippen LogP) is 4.91. The van der Waals surface area contributed by atoms with Gasteiger partial charge in [-0.25, -0.2) is 4.68 Å². The summed E-state index contributed by atoms with van der Waals surface area (Å²) in [5, 5.41) is 14.0. The van der Waals surface area contributed by atoms with E-state index in [1.54, 1.807) is 0 Å². The standard InChI is InChI=1S/C30H30N6O/c1-19-13-14-20(2)27-24(19)18-25(30(37)31-27)28(36-21(3)17-23-11-7-8-12-26(23)36)29-32-33-34-35(29)16-15-22-9-5-4-6-10-22/h4-14,18,21,28H,15-17H2,1-3H3,(H,31,37)/t21-,28-/m1/s1. The van der Waals surface area contributed by atoms with Gasteiger partial charge in [0.2, 0.25) is 0 Å². The van der Waals surface area contributed by atoms with E-state index in [0.717, 1.165) is 40.6 Å². The van der Waals surface area contributed by atoms with Gasteiger partial charge in [-0.1, -0.05) is 60.7 Å². The first kappa shape index (κ1) is 23.2. The fourth-order valence-electron chi connectivity index (χ4n) is 5.64. The zero-order valence-corrected chi connectivity index (χ0v) is 21.3. The van der Waals surface area contributed by atoms with Crippen LogP contribution in [-0.2, 0) is 19.4 Å². The molecular formula is C30H30N6O. The molecule has 0 aliphatic carbocycles. The monoisotopic (exact) mass is 490 g/mol. The van der Waals surface area contributed by atoms with E-state index < -0.39 is 6.04 Å². The van der Waals surface area contributed by atoms with Crippen molar-refractivity contribution in [2.24, 2.45) is 0 Å². The van der Waals surface area contributed by atoms with Crippen molar-refractivity contribution in [3.05, 3.63) is 117 Å². The van der Waals surface area contributed by atoms with E-state index in [9.17, 15) is 4.79 Å². The number of fused-ring (bicyclic) bond motifs is 2. The number of rotatable bonds is 6. The Balaban J connectivity index is 1.52. The van der Waals surface area contributed by atoms with Gasteiger partial charge in [-0.05, 0) is 78.4 Å². The van der Waals surface area contributed by atoms with E-state index in [0.29, 0.717) is 17.9 Å². The molecule has 2 aromatic heterocycles. The van der Waals surface area contributed by atoms with Crippen molar-refractivity contribution < 1.29 is 0 Å². The molecule has 3 heterocycles. The van der Waals surface area contributed by atoms with Crippen LogP contribution in [0.3, 0.4) is 0 Å². The second-order valence-electron chi connectivity index (χ2n) is 10.0. The molecule has 7 heteroatoms. The van der Waals surface area contributed by atoms with Gasteiger partial charge in [0.25, 0.3) is 5.56 Å². The van der Waals surface area contributed by atoms with Crippen molar-refractivity contribution in [3.63, 3.8) is 0 Å². The molecule has 0 amide bonds. The maximum Gasteiger partial charge on any atom is 0.254 e. The summed E-state index contributed by atoms with van der Waals surface area (Å²) < 4.78 is 1.86. The predicted molar refractivity (Wildman–Crippen MR) is 146 cm³/mol. The summed E-state index contributed by atoms with van der Waals surface area (Å²) in [5.41, 5.74) is 7.20. The minimum absolute atomic E-state index is 0.111. The average Bonchev–Trinajstić information content (AvgIpc) is 3.51. The largest absolute Gasteiger partial charge is 0.354 e. The molecule has 2 atom stereocenters. The van der Waals surface area contributed by atoms with E-state index in [-0.39, 0.29) is 11.6 Å². The lowest BCUT2D eigenvalue weighted by atomic mass is 9.99. The normalized spacial score (nSPS) is 15.8. The molecule has 3 aromatic carbocycles. The number of H-pyrrole nitrogens is 1. The Bertz CT molecular complexity index is 1640. The highest BCUT2D eigenvalue weighted by molar-refractivity contribution is 5.85. The number of tetrazole rings is 1. The van der Waals surface area contributed by atoms with Crippen LogP contribution in [0.2, 0.25) is 0 Å². The number of aromatic amines is 1. The van der Waals surface area contributed by atoms with Crippen LogP contribution in [0, 0.1) is 13.8 Å². The van der Waals surface area contributed by atoms with Gasteiger partial charge in [0.1, 0.15) is 6.04 Å². The molecular weight excluding hydrogens is 460 g/mol. The average molecular weight is 491 g/mol. The first-order chi connectivity index (χ1) is 18.0. The number of nitrogens with zero attached hydrogens (tertiary/aromatic N) is 5. The van der Waals surface area contributed by atoms with Gasteiger partial charge in [0, 0.05) is 29.2 Å². The van der Waals surface area contributed by atoms with Gasteiger partial charge in [-0.15, -0.1) is 5.10 Å². The highest BCUT2D eigenvalue weighted by Crippen LogP contribution is 2.40. The Morgan fingerprint density at radius 1 is 1.00 bits per heavy atom. The summed E-state index contributed by atoms with van der Waals surface area (Å²) in [5.74, 6) is 0.676. The first-order valence-electron chi connectivity index (χ1n) is 12.8. The van der Waals surface area contributed by atoms with Crippen LogP contribution in [0.4, 0.5) is 5.69 Å². The minimum atomic E-state index is -0.433. The van der Waals surface area contributed by atoms with Crippen molar-refractivity contribution in [1.82, 2.24) is 25.2 Å². The van der Waals surface area contributed by atoms with Crippen molar-refractivity contribution in [2.45, 2.75) is 52.2 Å². The van der Waals surface area contributed by atoms with Gasteiger partial charge in [0.05, 0.1) is 5.52 Å². The molecule has 0 unspecified atom stereocenters. The second-order valence-corrected chi connectivity index (χ2v) is 10.0. The topological polar surface area (TPSA) is 79.7 Å². The molecule has 1 aliphatic heterocycles. The molecule has 1 N–H and O–H groups in total. The van der Waals surface area contributed by atoms with E-state index in [2.05, 4.69) is 81.7 Å². The Morgan fingerprint density at radius 2 is 1.76 bits per heavy atom. The number of benzene rings is 3. The van der Waals surface area contributed by atoms with E-state index in [4.69, 9.17) is 0 Å². The molecule has 0 bridgehead atoms. The maximum absolute atomic E-state index is 13.7. The van der Waals surface area contributed by atoms with Crippen LogP contribution < -0.4 is 10.5 Å². The SMILES string of the molecule is Cc1ccc(C)c2[nH]c(=O)c([C@H](c3nnnn3CCc3ccccc3)N3c4ccccc4C[C@H]3C)cc12. The molecule has 5 aromatic rings. The Hall–Kier alpha value is -4.26. The lowest BCUT2D eigenvalue weighted by molar-refractivity contribution is 0.519. The molecule has 6 rings (SSSR count). The molecule has 0 fully saturated rings. The highest BCUT2D eigenvalue weighted by Gasteiger charge is 2.37. The van der Waals surface area contributed by atoms with Gasteiger partial charge >= 0.3 is 0 Å². The van der Waals surface area contributed by atoms with Crippen molar-refractivity contribution >= 4 is 16.6 Å². The number of nitrogens with one attached hydrogen (secondary N) is 1. The number of aromatic nitrogens is 5. The third-order valence-corrected chi connectivity index (χ3v) is 7.56. The number of aryl methyl sites for hydroxylation is 4.